The average Bonchev–Trinajstić information content (AvgIpc) is 2.65. The largest absolute Gasteiger partial charge is 0.465 e. The Labute approximate surface area is 157 Å². The fourth-order valence-corrected chi connectivity index (χ4v) is 2.55. The number of hydrogen-bond acceptors (Lipinski definition) is 4. The number of aliphatic hydroxyl groups excluding tert-OH is 1. The molecule has 0 aliphatic heterocycles. The van der Waals surface area contributed by atoms with Crippen molar-refractivity contribution in [1.82, 2.24) is 15.6 Å². The molecule has 2 rings (SSSR count). The number of aliphatic hydroxyl groups is 1. The van der Waals surface area contributed by atoms with Crippen molar-refractivity contribution in [3.8, 4) is 0 Å². The van der Waals surface area contributed by atoms with Gasteiger partial charge in [-0.25, -0.2) is 4.79 Å². The van der Waals surface area contributed by atoms with Crippen LogP contribution in [-0.2, 0) is 6.42 Å². The molecule has 7 heteroatoms. The lowest BCUT2D eigenvalue weighted by Gasteiger charge is -2.23. The monoisotopic (exact) mass is 369 g/mol. The Hall–Kier alpha value is -3.19. The molecule has 0 bridgehead atoms. The zero-order valence-electron chi connectivity index (χ0n) is 15.1. The second-order valence-electron chi connectivity index (χ2n) is 6.27. The van der Waals surface area contributed by atoms with Gasteiger partial charge in [0.2, 0.25) is 0 Å². The molecule has 0 saturated heterocycles. The maximum absolute atomic E-state index is 12.3. The molecule has 0 aliphatic carbocycles. The van der Waals surface area contributed by atoms with E-state index in [1.54, 1.807) is 12.3 Å². The Kier molecular flexibility index (Phi) is 7.08. The van der Waals surface area contributed by atoms with Gasteiger partial charge in [0, 0.05) is 18.9 Å². The van der Waals surface area contributed by atoms with Crippen LogP contribution in [0.2, 0.25) is 0 Å². The van der Waals surface area contributed by atoms with E-state index < -0.39 is 24.1 Å². The summed E-state index contributed by atoms with van der Waals surface area (Å²) in [5, 5.41) is 24.3. The Morgan fingerprint density at radius 3 is 2.48 bits per heavy atom. The predicted molar refractivity (Wildman–Crippen MR) is 102 cm³/mol. The lowest BCUT2D eigenvalue weighted by atomic mass is 10.0. The zero-order chi connectivity index (χ0) is 19.8. The summed E-state index contributed by atoms with van der Waals surface area (Å²) in [5.74, 6) is -0.404. The number of carboxylic acid groups (broad SMARTS) is 1. The van der Waals surface area contributed by atoms with Gasteiger partial charge in [0.25, 0.3) is 5.91 Å². The van der Waals surface area contributed by atoms with E-state index in [2.05, 4.69) is 22.2 Å². The Bertz CT molecular complexity index is 808. The van der Waals surface area contributed by atoms with Gasteiger partial charge in [0.05, 0.1) is 17.7 Å². The predicted octanol–water partition coefficient (Wildman–Crippen LogP) is 2.08. The molecule has 2 atom stereocenters. The number of carbonyl (C=O) groups is 2. The van der Waals surface area contributed by atoms with Crippen molar-refractivity contribution in [3.05, 3.63) is 72.1 Å². The van der Waals surface area contributed by atoms with Crippen LogP contribution in [0, 0.1) is 0 Å². The molecular formula is C20H23N3O4. The molecule has 4 N–H and O–H groups in total. The number of allylic oxidation sites excluding steroid dienone is 1. The number of aromatic nitrogens is 1. The minimum absolute atomic E-state index is 0.103. The molecule has 27 heavy (non-hydrogen) atoms. The highest BCUT2D eigenvalue weighted by molar-refractivity contribution is 5.94. The van der Waals surface area contributed by atoms with Crippen LogP contribution in [-0.4, -0.2) is 45.9 Å². The first-order valence-corrected chi connectivity index (χ1v) is 8.47. The second kappa shape index (κ2) is 9.49. The van der Waals surface area contributed by atoms with Crippen LogP contribution < -0.4 is 10.6 Å². The van der Waals surface area contributed by atoms with Gasteiger partial charge in [-0.3, -0.25) is 9.78 Å². The van der Waals surface area contributed by atoms with Gasteiger partial charge < -0.3 is 20.8 Å². The number of hydrogen-bond donors (Lipinski definition) is 4. The molecule has 7 nitrogen and oxygen atoms in total. The highest BCUT2D eigenvalue weighted by atomic mass is 16.4. The maximum atomic E-state index is 12.3. The first kappa shape index (κ1) is 20.1. The number of nitrogens with zero attached hydrogens (tertiary/aromatic N) is 1. The fourth-order valence-electron chi connectivity index (χ4n) is 2.55. The van der Waals surface area contributed by atoms with Crippen molar-refractivity contribution in [2.24, 2.45) is 0 Å². The summed E-state index contributed by atoms with van der Waals surface area (Å²) in [6.07, 6.45) is 1.00. The average molecular weight is 369 g/mol. The molecule has 0 spiro atoms. The molecule has 142 valence electrons. The summed E-state index contributed by atoms with van der Waals surface area (Å²) in [6.45, 7) is 5.53. The third kappa shape index (κ3) is 6.23. The van der Waals surface area contributed by atoms with Gasteiger partial charge in [-0.1, -0.05) is 36.9 Å². The summed E-state index contributed by atoms with van der Waals surface area (Å²) in [7, 11) is 0. The van der Waals surface area contributed by atoms with Crippen LogP contribution in [0.15, 0.2) is 55.4 Å². The molecule has 0 unspecified atom stereocenters. The fraction of sp³-hybridized carbons (Fsp3) is 0.250. The lowest BCUT2D eigenvalue weighted by molar-refractivity contribution is 0.0874. The van der Waals surface area contributed by atoms with E-state index in [4.69, 9.17) is 5.11 Å². The smallest absolute Gasteiger partial charge is 0.404 e. The first-order chi connectivity index (χ1) is 12.9. The van der Waals surface area contributed by atoms with Crippen LogP contribution in [0.25, 0.3) is 5.57 Å². The minimum Gasteiger partial charge on any atom is -0.465 e. The number of pyridine rings is 1. The van der Waals surface area contributed by atoms with Gasteiger partial charge >= 0.3 is 6.09 Å². The standard InChI is InChI=1S/C20H23N3O4/c1-13(2)15-9-16(11-21-10-15)19(25)22-12-18(24)17(23-20(26)27)8-14-6-4-3-5-7-14/h3-7,9-11,17-18,23-24H,1,8,12H2,2H3,(H,22,25)(H,26,27)/t17-,18-/m0/s1. The number of carbonyl (C=O) groups excluding carboxylic acids is 1. The molecule has 0 aliphatic rings. The number of rotatable bonds is 8. The van der Waals surface area contributed by atoms with Crippen LogP contribution in [0.1, 0.15) is 28.4 Å². The molecular weight excluding hydrogens is 346 g/mol. The highest BCUT2D eigenvalue weighted by Gasteiger charge is 2.22. The minimum atomic E-state index is -1.24. The molecule has 0 radical (unpaired) electrons. The normalized spacial score (nSPS) is 12.7. The van der Waals surface area contributed by atoms with E-state index in [1.807, 2.05) is 37.3 Å². The lowest BCUT2D eigenvalue weighted by Crippen LogP contribution is -2.49. The molecule has 1 aromatic carbocycles. The highest BCUT2D eigenvalue weighted by Crippen LogP contribution is 2.12. The Morgan fingerprint density at radius 1 is 1.19 bits per heavy atom. The van der Waals surface area contributed by atoms with Crippen molar-refractivity contribution in [1.29, 1.82) is 0 Å². The summed E-state index contributed by atoms with van der Waals surface area (Å²) >= 11 is 0. The van der Waals surface area contributed by atoms with E-state index in [9.17, 15) is 14.7 Å². The van der Waals surface area contributed by atoms with Crippen molar-refractivity contribution in [2.45, 2.75) is 25.5 Å². The molecule has 1 heterocycles. The van der Waals surface area contributed by atoms with Crippen molar-refractivity contribution >= 4 is 17.6 Å². The SMILES string of the molecule is C=C(C)c1cncc(C(=O)NC[C@H](O)[C@H](Cc2ccccc2)NC(=O)O)c1. The summed E-state index contributed by atoms with van der Waals surface area (Å²) in [4.78, 5) is 27.3. The number of amides is 2. The first-order valence-electron chi connectivity index (χ1n) is 8.47. The van der Waals surface area contributed by atoms with E-state index in [0.29, 0.717) is 12.0 Å². The van der Waals surface area contributed by atoms with Gasteiger partial charge in [-0.05, 0) is 36.1 Å². The molecule has 2 aromatic rings. The van der Waals surface area contributed by atoms with Crippen LogP contribution in [0.3, 0.4) is 0 Å². The van der Waals surface area contributed by atoms with Gasteiger partial charge in [-0.2, -0.15) is 0 Å². The van der Waals surface area contributed by atoms with E-state index in [-0.39, 0.29) is 6.54 Å². The van der Waals surface area contributed by atoms with Crippen LogP contribution in [0.5, 0.6) is 0 Å². The molecule has 0 fully saturated rings. The number of nitrogens with one attached hydrogen (secondary N) is 2. The third-order valence-electron chi connectivity index (χ3n) is 4.04. The van der Waals surface area contributed by atoms with Crippen LogP contribution in [0.4, 0.5) is 4.79 Å². The van der Waals surface area contributed by atoms with Crippen molar-refractivity contribution < 1.29 is 19.8 Å². The topological polar surface area (TPSA) is 112 Å². The molecule has 1 aromatic heterocycles. The van der Waals surface area contributed by atoms with Gasteiger partial charge in [0.15, 0.2) is 0 Å². The number of benzene rings is 1. The van der Waals surface area contributed by atoms with Crippen molar-refractivity contribution in [2.75, 3.05) is 6.54 Å². The Balaban J connectivity index is 2.00. The molecule has 2 amide bonds. The van der Waals surface area contributed by atoms with E-state index in [1.165, 1.54) is 6.20 Å². The van der Waals surface area contributed by atoms with Crippen LogP contribution >= 0.6 is 0 Å². The van der Waals surface area contributed by atoms with Crippen molar-refractivity contribution in [3.63, 3.8) is 0 Å². The van der Waals surface area contributed by atoms with E-state index >= 15 is 0 Å². The summed E-state index contributed by atoms with van der Waals surface area (Å²) in [5.41, 5.74) is 2.75. The molecule has 0 saturated carbocycles. The van der Waals surface area contributed by atoms with Gasteiger partial charge in [0.1, 0.15) is 0 Å². The second-order valence-corrected chi connectivity index (χ2v) is 6.27. The van der Waals surface area contributed by atoms with Gasteiger partial charge in [-0.15, -0.1) is 0 Å². The quantitative estimate of drug-likeness (QED) is 0.569. The Morgan fingerprint density at radius 2 is 1.85 bits per heavy atom. The summed E-state index contributed by atoms with van der Waals surface area (Å²) in [6, 6.07) is 10.1. The zero-order valence-corrected chi connectivity index (χ0v) is 15.1. The maximum Gasteiger partial charge on any atom is 0.404 e. The van der Waals surface area contributed by atoms with E-state index in [0.717, 1.165) is 16.7 Å². The third-order valence-corrected chi connectivity index (χ3v) is 4.04. The summed E-state index contributed by atoms with van der Waals surface area (Å²) < 4.78 is 0.